The number of benzene rings is 1. The van der Waals surface area contributed by atoms with E-state index in [2.05, 4.69) is 28.4 Å². The Morgan fingerprint density at radius 1 is 1.04 bits per heavy atom. The molecule has 2 aromatic heterocycles. The van der Waals surface area contributed by atoms with E-state index in [4.69, 9.17) is 9.47 Å². The van der Waals surface area contributed by atoms with Crippen LogP contribution in [0, 0.1) is 6.92 Å². The number of hydrogen-bond donors (Lipinski definition) is 0. The van der Waals surface area contributed by atoms with Crippen molar-refractivity contribution in [1.29, 1.82) is 0 Å². The first-order valence-electron chi connectivity index (χ1n) is 7.62. The molecule has 5 heteroatoms. The van der Waals surface area contributed by atoms with Gasteiger partial charge in [0.1, 0.15) is 5.82 Å². The predicted octanol–water partition coefficient (Wildman–Crippen LogP) is 4.00. The molecule has 0 spiro atoms. The summed E-state index contributed by atoms with van der Waals surface area (Å²) in [6.07, 6.45) is 1.89. The molecular formula is C18H21N3O2. The van der Waals surface area contributed by atoms with Gasteiger partial charge in [0, 0.05) is 11.6 Å². The maximum absolute atomic E-state index is 5.37. The van der Waals surface area contributed by atoms with Gasteiger partial charge in [-0.2, -0.15) is 0 Å². The highest BCUT2D eigenvalue weighted by molar-refractivity contribution is 5.80. The van der Waals surface area contributed by atoms with E-state index in [0.717, 1.165) is 28.1 Å². The number of imidazole rings is 1. The number of rotatable bonds is 4. The van der Waals surface area contributed by atoms with E-state index in [1.165, 1.54) is 0 Å². The Kier molecular flexibility index (Phi) is 3.94. The lowest BCUT2D eigenvalue weighted by molar-refractivity contribution is 0.355. The molecule has 5 nitrogen and oxygen atoms in total. The highest BCUT2D eigenvalue weighted by atomic mass is 16.5. The molecule has 0 saturated carbocycles. The molecule has 1 aromatic carbocycles. The smallest absolute Gasteiger partial charge is 0.161 e. The number of methoxy groups -OCH3 is 2. The summed E-state index contributed by atoms with van der Waals surface area (Å²) in [5, 5.41) is 0. The zero-order valence-corrected chi connectivity index (χ0v) is 14.1. The summed E-state index contributed by atoms with van der Waals surface area (Å²) in [4.78, 5) is 9.27. The van der Waals surface area contributed by atoms with Crippen LogP contribution in [0.2, 0.25) is 0 Å². The first-order chi connectivity index (χ1) is 11.0. The maximum atomic E-state index is 5.37. The number of aryl methyl sites for hydroxylation is 1. The van der Waals surface area contributed by atoms with Crippen LogP contribution in [0.15, 0.2) is 30.5 Å². The van der Waals surface area contributed by atoms with Crippen LogP contribution in [-0.2, 0) is 0 Å². The van der Waals surface area contributed by atoms with Gasteiger partial charge in [-0.15, -0.1) is 0 Å². The maximum Gasteiger partial charge on any atom is 0.161 e. The highest BCUT2D eigenvalue weighted by Crippen LogP contribution is 2.32. The average molecular weight is 311 g/mol. The van der Waals surface area contributed by atoms with Crippen molar-refractivity contribution < 1.29 is 9.47 Å². The van der Waals surface area contributed by atoms with E-state index in [-0.39, 0.29) is 0 Å². The lowest BCUT2D eigenvalue weighted by Crippen LogP contribution is -2.02. The van der Waals surface area contributed by atoms with Crippen LogP contribution in [0.5, 0.6) is 11.5 Å². The molecule has 0 radical (unpaired) electrons. The van der Waals surface area contributed by atoms with Crippen LogP contribution in [0.3, 0.4) is 0 Å². The summed E-state index contributed by atoms with van der Waals surface area (Å²) < 4.78 is 12.8. The van der Waals surface area contributed by atoms with Gasteiger partial charge < -0.3 is 14.0 Å². The molecule has 0 aliphatic heterocycles. The highest BCUT2D eigenvalue weighted by Gasteiger charge is 2.13. The Labute approximate surface area is 135 Å². The Hall–Kier alpha value is -2.56. The summed E-state index contributed by atoms with van der Waals surface area (Å²) in [6.45, 7) is 6.32. The van der Waals surface area contributed by atoms with E-state index in [1.807, 2.05) is 37.4 Å². The summed E-state index contributed by atoms with van der Waals surface area (Å²) in [5.74, 6) is 2.40. The van der Waals surface area contributed by atoms with Crippen molar-refractivity contribution in [3.63, 3.8) is 0 Å². The van der Waals surface area contributed by atoms with E-state index >= 15 is 0 Å². The quantitative estimate of drug-likeness (QED) is 0.730. The lowest BCUT2D eigenvalue weighted by Gasteiger charge is -2.11. The monoisotopic (exact) mass is 311 g/mol. The van der Waals surface area contributed by atoms with Crippen molar-refractivity contribution in [2.45, 2.75) is 26.8 Å². The van der Waals surface area contributed by atoms with Gasteiger partial charge in [0.15, 0.2) is 11.5 Å². The third-order valence-electron chi connectivity index (χ3n) is 3.95. The Morgan fingerprint density at radius 3 is 2.43 bits per heavy atom. The fourth-order valence-corrected chi connectivity index (χ4v) is 2.92. The third kappa shape index (κ3) is 2.63. The molecule has 0 amide bonds. The molecule has 2 heterocycles. The predicted molar refractivity (Wildman–Crippen MR) is 91.2 cm³/mol. The largest absolute Gasteiger partial charge is 0.493 e. The number of fused-ring (bicyclic) bond motifs is 1. The van der Waals surface area contributed by atoms with Gasteiger partial charge in [-0.1, -0.05) is 0 Å². The van der Waals surface area contributed by atoms with Crippen molar-refractivity contribution >= 4 is 11.0 Å². The molecule has 0 saturated heterocycles. The van der Waals surface area contributed by atoms with Crippen LogP contribution in [0.25, 0.3) is 22.3 Å². The van der Waals surface area contributed by atoms with Gasteiger partial charge >= 0.3 is 0 Å². The van der Waals surface area contributed by atoms with Crippen molar-refractivity contribution in [2.75, 3.05) is 14.2 Å². The Bertz CT molecular complexity index is 853. The van der Waals surface area contributed by atoms with Crippen LogP contribution in [-0.4, -0.2) is 28.8 Å². The zero-order valence-electron chi connectivity index (χ0n) is 14.1. The molecule has 23 heavy (non-hydrogen) atoms. The SMILES string of the molecule is COc1ccc(-c2cc3nc(C)n(C(C)C)c3cn2)cc1OC. The van der Waals surface area contributed by atoms with Gasteiger partial charge in [-0.3, -0.25) is 4.98 Å². The van der Waals surface area contributed by atoms with Crippen molar-refractivity contribution in [2.24, 2.45) is 0 Å². The number of nitrogens with zero attached hydrogens (tertiary/aromatic N) is 3. The van der Waals surface area contributed by atoms with Crippen molar-refractivity contribution in [3.05, 3.63) is 36.3 Å². The van der Waals surface area contributed by atoms with Gasteiger partial charge in [-0.25, -0.2) is 4.98 Å². The number of hydrogen-bond acceptors (Lipinski definition) is 4. The number of ether oxygens (including phenoxy) is 2. The molecular weight excluding hydrogens is 290 g/mol. The van der Waals surface area contributed by atoms with Gasteiger partial charge in [0.2, 0.25) is 0 Å². The fraction of sp³-hybridized carbons (Fsp3) is 0.333. The first-order valence-corrected chi connectivity index (χ1v) is 7.62. The van der Waals surface area contributed by atoms with Gasteiger partial charge in [-0.05, 0) is 45.0 Å². The van der Waals surface area contributed by atoms with E-state index in [9.17, 15) is 0 Å². The summed E-state index contributed by atoms with van der Waals surface area (Å²) in [7, 11) is 3.26. The molecule has 3 rings (SSSR count). The standard InChI is InChI=1S/C18H21N3O2/c1-11(2)21-12(3)20-15-9-14(19-10-16(15)21)13-6-7-17(22-4)18(8-13)23-5/h6-11H,1-5H3. The molecule has 0 N–H and O–H groups in total. The second-order valence-electron chi connectivity index (χ2n) is 5.75. The third-order valence-corrected chi connectivity index (χ3v) is 3.95. The normalized spacial score (nSPS) is 11.2. The summed E-state index contributed by atoms with van der Waals surface area (Å²) in [6, 6.07) is 8.16. The molecule has 0 fully saturated rings. The van der Waals surface area contributed by atoms with Gasteiger partial charge in [0.25, 0.3) is 0 Å². The van der Waals surface area contributed by atoms with E-state index in [0.29, 0.717) is 17.5 Å². The second-order valence-corrected chi connectivity index (χ2v) is 5.75. The molecule has 0 aliphatic carbocycles. The molecule has 0 unspecified atom stereocenters. The topological polar surface area (TPSA) is 49.2 Å². The molecule has 120 valence electrons. The van der Waals surface area contributed by atoms with Crippen molar-refractivity contribution in [1.82, 2.24) is 14.5 Å². The molecule has 0 bridgehead atoms. The fourth-order valence-electron chi connectivity index (χ4n) is 2.92. The summed E-state index contributed by atoms with van der Waals surface area (Å²) in [5.41, 5.74) is 3.85. The lowest BCUT2D eigenvalue weighted by atomic mass is 10.1. The molecule has 0 aliphatic rings. The van der Waals surface area contributed by atoms with Crippen LogP contribution in [0.1, 0.15) is 25.7 Å². The Morgan fingerprint density at radius 2 is 1.78 bits per heavy atom. The number of aromatic nitrogens is 3. The zero-order chi connectivity index (χ0) is 16.6. The van der Waals surface area contributed by atoms with Gasteiger partial charge in [0.05, 0.1) is 37.1 Å². The average Bonchev–Trinajstić information content (AvgIpc) is 2.89. The van der Waals surface area contributed by atoms with Crippen LogP contribution in [0.4, 0.5) is 0 Å². The van der Waals surface area contributed by atoms with Crippen LogP contribution < -0.4 is 9.47 Å². The second kappa shape index (κ2) is 5.91. The minimum Gasteiger partial charge on any atom is -0.493 e. The van der Waals surface area contributed by atoms with E-state index in [1.54, 1.807) is 14.2 Å². The van der Waals surface area contributed by atoms with E-state index < -0.39 is 0 Å². The minimum absolute atomic E-state index is 0.355. The number of pyridine rings is 1. The summed E-state index contributed by atoms with van der Waals surface area (Å²) >= 11 is 0. The molecule has 0 atom stereocenters. The first kappa shape index (κ1) is 15.3. The van der Waals surface area contributed by atoms with Crippen LogP contribution >= 0.6 is 0 Å². The minimum atomic E-state index is 0.355. The Balaban J connectivity index is 2.11. The van der Waals surface area contributed by atoms with Crippen molar-refractivity contribution in [3.8, 4) is 22.8 Å². The molecule has 3 aromatic rings.